The zero-order valence-corrected chi connectivity index (χ0v) is 11.7. The highest BCUT2D eigenvalue weighted by Crippen LogP contribution is 2.10. The van der Waals surface area contributed by atoms with Crippen molar-refractivity contribution < 1.29 is 9.00 Å². The van der Waals surface area contributed by atoms with Crippen molar-refractivity contribution in [3.8, 4) is 0 Å². The van der Waals surface area contributed by atoms with Gasteiger partial charge < -0.3 is 4.90 Å². The van der Waals surface area contributed by atoms with Crippen LogP contribution in [0.3, 0.4) is 0 Å². The first-order valence-electron chi connectivity index (χ1n) is 5.36. The Hall–Kier alpha value is -0.940. The first-order chi connectivity index (χ1) is 8.13. The summed E-state index contributed by atoms with van der Waals surface area (Å²) in [5, 5.41) is 1.98. The third kappa shape index (κ3) is 5.28. The number of carbonyl (C=O) groups excluding carboxylic acids is 1. The third-order valence-corrected chi connectivity index (χ3v) is 4.20. The van der Waals surface area contributed by atoms with Crippen LogP contribution in [0.15, 0.2) is 29.7 Å². The molecule has 0 radical (unpaired) electrons. The summed E-state index contributed by atoms with van der Waals surface area (Å²) in [5.41, 5.74) is 0. The van der Waals surface area contributed by atoms with Crippen molar-refractivity contribution >= 4 is 28.0 Å². The van der Waals surface area contributed by atoms with Crippen molar-refractivity contribution in [3.05, 3.63) is 34.5 Å². The van der Waals surface area contributed by atoms with E-state index in [1.807, 2.05) is 36.6 Å². The monoisotopic (exact) mass is 271 g/mol. The first kappa shape index (κ1) is 14.1. The lowest BCUT2D eigenvalue weighted by Gasteiger charge is -2.15. The summed E-state index contributed by atoms with van der Waals surface area (Å²) >= 11 is 1.62. The van der Waals surface area contributed by atoms with Gasteiger partial charge in [0.25, 0.3) is 0 Å². The highest BCUT2D eigenvalue weighted by Gasteiger charge is 2.12. The highest BCUT2D eigenvalue weighted by atomic mass is 32.2. The van der Waals surface area contributed by atoms with Crippen LogP contribution in [0.1, 0.15) is 11.8 Å². The Morgan fingerprint density at radius 2 is 2.35 bits per heavy atom. The van der Waals surface area contributed by atoms with Gasteiger partial charge in [0.05, 0.1) is 6.54 Å². The average molecular weight is 271 g/mol. The van der Waals surface area contributed by atoms with E-state index in [-0.39, 0.29) is 11.7 Å². The summed E-state index contributed by atoms with van der Waals surface area (Å²) in [4.78, 5) is 14.5. The molecule has 1 aromatic heterocycles. The van der Waals surface area contributed by atoms with Gasteiger partial charge in [-0.15, -0.1) is 11.3 Å². The van der Waals surface area contributed by atoms with Crippen LogP contribution in [0, 0.1) is 0 Å². The van der Waals surface area contributed by atoms with Crippen molar-refractivity contribution in [2.75, 3.05) is 18.6 Å². The second-order valence-corrected chi connectivity index (χ2v) is 6.18. The van der Waals surface area contributed by atoms with Crippen LogP contribution in [0.2, 0.25) is 0 Å². The smallest absolute Gasteiger partial charge is 0.235 e. The molecule has 1 aromatic rings. The Morgan fingerprint density at radius 1 is 1.59 bits per heavy atom. The first-order valence-corrected chi connectivity index (χ1v) is 7.72. The normalized spacial score (nSPS) is 12.8. The molecule has 0 saturated carbocycles. The molecule has 5 heteroatoms. The van der Waals surface area contributed by atoms with E-state index < -0.39 is 10.8 Å². The van der Waals surface area contributed by atoms with Gasteiger partial charge in [-0.3, -0.25) is 9.00 Å². The number of hydrogen-bond donors (Lipinski definition) is 0. The van der Waals surface area contributed by atoms with Crippen LogP contribution in [0.4, 0.5) is 0 Å². The third-order valence-electron chi connectivity index (χ3n) is 2.20. The summed E-state index contributed by atoms with van der Waals surface area (Å²) in [6.07, 6.45) is 3.67. The van der Waals surface area contributed by atoms with Crippen LogP contribution >= 0.6 is 11.3 Å². The lowest BCUT2D eigenvalue weighted by atomic mass is 10.4. The number of amides is 1. The van der Waals surface area contributed by atoms with E-state index in [1.165, 1.54) is 0 Å². The zero-order valence-electron chi connectivity index (χ0n) is 10.1. The molecule has 0 aliphatic carbocycles. The summed E-state index contributed by atoms with van der Waals surface area (Å²) in [6, 6.07) is 3.95. The molecule has 0 unspecified atom stereocenters. The standard InChI is InChI=1S/C12H17NO2S2/c1-3-4-8-17(15)10-12(14)13(2)9-11-6-5-7-16-11/h3-7H,8-10H2,1-2H3/b4-3+/t17-/m0/s1. The molecule has 94 valence electrons. The van der Waals surface area contributed by atoms with E-state index in [0.717, 1.165) is 4.88 Å². The van der Waals surface area contributed by atoms with Gasteiger partial charge in [-0.25, -0.2) is 0 Å². The molecular weight excluding hydrogens is 254 g/mol. The molecule has 0 aliphatic heterocycles. The maximum Gasteiger partial charge on any atom is 0.235 e. The van der Waals surface area contributed by atoms with Crippen LogP contribution in [0.25, 0.3) is 0 Å². The van der Waals surface area contributed by atoms with Crippen molar-refractivity contribution in [1.29, 1.82) is 0 Å². The molecule has 0 aromatic carbocycles. The number of hydrogen-bond acceptors (Lipinski definition) is 3. The van der Waals surface area contributed by atoms with Gasteiger partial charge in [0.1, 0.15) is 5.75 Å². The average Bonchev–Trinajstić information content (AvgIpc) is 2.78. The Morgan fingerprint density at radius 3 is 2.94 bits per heavy atom. The van der Waals surface area contributed by atoms with Crippen molar-refractivity contribution in [2.24, 2.45) is 0 Å². The second kappa shape index (κ2) is 7.40. The largest absolute Gasteiger partial charge is 0.340 e. The summed E-state index contributed by atoms with van der Waals surface area (Å²) < 4.78 is 11.5. The number of thiophene rings is 1. The number of carbonyl (C=O) groups is 1. The quantitative estimate of drug-likeness (QED) is 0.742. The molecule has 0 saturated heterocycles. The minimum atomic E-state index is -1.09. The van der Waals surface area contributed by atoms with Gasteiger partial charge in [0, 0.05) is 28.5 Å². The molecule has 0 N–H and O–H groups in total. The Labute approximate surface area is 109 Å². The van der Waals surface area contributed by atoms with Crippen molar-refractivity contribution in [3.63, 3.8) is 0 Å². The van der Waals surface area contributed by atoms with Crippen LogP contribution in [0.5, 0.6) is 0 Å². The van der Waals surface area contributed by atoms with E-state index in [1.54, 1.807) is 23.3 Å². The molecule has 0 bridgehead atoms. The van der Waals surface area contributed by atoms with E-state index >= 15 is 0 Å². The molecule has 1 amide bonds. The molecule has 0 aliphatic rings. The topological polar surface area (TPSA) is 37.4 Å². The SMILES string of the molecule is C/C=C/C[S@](=O)CC(=O)N(C)Cc1cccs1. The lowest BCUT2D eigenvalue weighted by Crippen LogP contribution is -2.30. The predicted octanol–water partition coefficient (Wildman–Crippen LogP) is 2.03. The molecule has 0 fully saturated rings. The van der Waals surface area contributed by atoms with E-state index in [4.69, 9.17) is 0 Å². The maximum absolute atomic E-state index is 11.8. The van der Waals surface area contributed by atoms with Crippen molar-refractivity contribution in [1.82, 2.24) is 4.90 Å². The van der Waals surface area contributed by atoms with Crippen LogP contribution in [-0.2, 0) is 22.1 Å². The van der Waals surface area contributed by atoms with E-state index in [9.17, 15) is 9.00 Å². The van der Waals surface area contributed by atoms with Gasteiger partial charge >= 0.3 is 0 Å². The minimum absolute atomic E-state index is 0.0683. The zero-order chi connectivity index (χ0) is 12.7. The number of allylic oxidation sites excluding steroid dienone is 1. The van der Waals surface area contributed by atoms with Gasteiger partial charge in [-0.2, -0.15) is 0 Å². The van der Waals surface area contributed by atoms with Gasteiger partial charge in [0.2, 0.25) is 5.91 Å². The summed E-state index contributed by atoms with van der Waals surface area (Å²) in [7, 11) is 0.651. The fourth-order valence-electron chi connectivity index (χ4n) is 1.23. The van der Waals surface area contributed by atoms with Gasteiger partial charge in [-0.05, 0) is 18.4 Å². The fraction of sp³-hybridized carbons (Fsp3) is 0.417. The minimum Gasteiger partial charge on any atom is -0.340 e. The lowest BCUT2D eigenvalue weighted by molar-refractivity contribution is -0.127. The van der Waals surface area contributed by atoms with Gasteiger partial charge in [-0.1, -0.05) is 18.2 Å². The number of nitrogens with zero attached hydrogens (tertiary/aromatic N) is 1. The summed E-state index contributed by atoms with van der Waals surface area (Å²) in [5.74, 6) is 0.489. The molecule has 1 atom stereocenters. The molecule has 0 spiro atoms. The molecular formula is C12H17NO2S2. The highest BCUT2D eigenvalue weighted by molar-refractivity contribution is 7.85. The van der Waals surface area contributed by atoms with Gasteiger partial charge in [0.15, 0.2) is 0 Å². The molecule has 17 heavy (non-hydrogen) atoms. The van der Waals surface area contributed by atoms with Crippen LogP contribution < -0.4 is 0 Å². The Kier molecular flexibility index (Phi) is 6.15. The Bertz CT molecular complexity index is 399. The predicted molar refractivity (Wildman–Crippen MR) is 73.5 cm³/mol. The molecule has 1 heterocycles. The Balaban J connectivity index is 2.39. The van der Waals surface area contributed by atoms with E-state index in [0.29, 0.717) is 12.3 Å². The fourth-order valence-corrected chi connectivity index (χ4v) is 3.01. The molecule has 3 nitrogen and oxygen atoms in total. The van der Waals surface area contributed by atoms with E-state index in [2.05, 4.69) is 0 Å². The second-order valence-electron chi connectivity index (χ2n) is 3.65. The van der Waals surface area contributed by atoms with Crippen molar-refractivity contribution in [2.45, 2.75) is 13.5 Å². The summed E-state index contributed by atoms with van der Waals surface area (Å²) in [6.45, 7) is 2.47. The number of rotatable bonds is 6. The van der Waals surface area contributed by atoms with Crippen LogP contribution in [-0.4, -0.2) is 33.6 Å². The molecule has 1 rings (SSSR count). The maximum atomic E-state index is 11.8.